The Balaban J connectivity index is 2.54. The first-order valence-electron chi connectivity index (χ1n) is 4.60. The lowest BCUT2D eigenvalue weighted by molar-refractivity contribution is 0.245. The van der Waals surface area contributed by atoms with Gasteiger partial charge >= 0.3 is 0 Å². The standard InChI is InChI=1S/C12H10O3/c13-8-11-6-10(14)7-12(15-11)9-4-2-1-3-5-9/h1-7,13H,8H2. The summed E-state index contributed by atoms with van der Waals surface area (Å²) >= 11 is 0. The zero-order valence-corrected chi connectivity index (χ0v) is 8.01. The summed E-state index contributed by atoms with van der Waals surface area (Å²) in [5.74, 6) is 0.758. The topological polar surface area (TPSA) is 50.4 Å². The summed E-state index contributed by atoms with van der Waals surface area (Å²) in [6, 6.07) is 12.0. The molecule has 0 atom stereocenters. The number of rotatable bonds is 2. The largest absolute Gasteiger partial charge is 0.458 e. The first-order chi connectivity index (χ1) is 7.29. The van der Waals surface area contributed by atoms with Crippen molar-refractivity contribution in [1.29, 1.82) is 0 Å². The smallest absolute Gasteiger partial charge is 0.185 e. The number of benzene rings is 1. The van der Waals surface area contributed by atoms with E-state index in [0.717, 1.165) is 5.56 Å². The van der Waals surface area contributed by atoms with Crippen molar-refractivity contribution in [3.05, 3.63) is 58.4 Å². The highest BCUT2D eigenvalue weighted by atomic mass is 16.4. The zero-order valence-electron chi connectivity index (χ0n) is 8.01. The molecule has 0 unspecified atom stereocenters. The monoisotopic (exact) mass is 202 g/mol. The molecular formula is C12H10O3. The van der Waals surface area contributed by atoms with Crippen molar-refractivity contribution in [2.45, 2.75) is 6.61 Å². The van der Waals surface area contributed by atoms with E-state index in [2.05, 4.69) is 0 Å². The average molecular weight is 202 g/mol. The molecule has 0 amide bonds. The molecule has 0 saturated heterocycles. The Labute approximate surface area is 86.6 Å². The van der Waals surface area contributed by atoms with Gasteiger partial charge in [0.1, 0.15) is 18.1 Å². The Morgan fingerprint density at radius 3 is 2.53 bits per heavy atom. The van der Waals surface area contributed by atoms with Crippen LogP contribution in [-0.2, 0) is 6.61 Å². The van der Waals surface area contributed by atoms with Crippen LogP contribution in [0.2, 0.25) is 0 Å². The highest BCUT2D eigenvalue weighted by Crippen LogP contribution is 2.17. The van der Waals surface area contributed by atoms with Gasteiger partial charge in [-0.15, -0.1) is 0 Å². The van der Waals surface area contributed by atoms with E-state index < -0.39 is 0 Å². The predicted molar refractivity (Wildman–Crippen MR) is 56.3 cm³/mol. The Morgan fingerprint density at radius 2 is 1.87 bits per heavy atom. The molecule has 0 bridgehead atoms. The maximum Gasteiger partial charge on any atom is 0.185 e. The van der Waals surface area contributed by atoms with Crippen molar-refractivity contribution < 1.29 is 9.52 Å². The van der Waals surface area contributed by atoms with E-state index in [0.29, 0.717) is 5.76 Å². The Kier molecular flexibility index (Phi) is 2.65. The third-order valence-electron chi connectivity index (χ3n) is 2.03. The molecule has 1 aromatic carbocycles. The van der Waals surface area contributed by atoms with Crippen molar-refractivity contribution in [2.75, 3.05) is 0 Å². The molecule has 0 aliphatic heterocycles. The Morgan fingerprint density at radius 1 is 1.13 bits per heavy atom. The van der Waals surface area contributed by atoms with Crippen LogP contribution in [0.25, 0.3) is 11.3 Å². The van der Waals surface area contributed by atoms with Crippen LogP contribution in [0.15, 0.2) is 51.7 Å². The number of aliphatic hydroxyl groups excluding tert-OH is 1. The third kappa shape index (κ3) is 2.14. The Hall–Kier alpha value is -1.87. The van der Waals surface area contributed by atoms with Gasteiger partial charge in [0, 0.05) is 17.7 Å². The second-order valence-electron chi connectivity index (χ2n) is 3.15. The van der Waals surface area contributed by atoms with Crippen LogP contribution >= 0.6 is 0 Å². The summed E-state index contributed by atoms with van der Waals surface area (Å²) in [7, 11) is 0. The fraction of sp³-hybridized carbons (Fsp3) is 0.0833. The first-order valence-corrected chi connectivity index (χ1v) is 4.60. The van der Waals surface area contributed by atoms with Gasteiger partial charge in [-0.05, 0) is 0 Å². The van der Waals surface area contributed by atoms with Crippen LogP contribution in [0.5, 0.6) is 0 Å². The molecule has 76 valence electrons. The van der Waals surface area contributed by atoms with Crippen LogP contribution in [0.1, 0.15) is 5.76 Å². The first kappa shape index (κ1) is 9.68. The van der Waals surface area contributed by atoms with E-state index in [-0.39, 0.29) is 17.8 Å². The number of hydrogen-bond donors (Lipinski definition) is 1. The molecule has 0 aliphatic carbocycles. The fourth-order valence-corrected chi connectivity index (χ4v) is 1.35. The second kappa shape index (κ2) is 4.11. The van der Waals surface area contributed by atoms with Crippen molar-refractivity contribution in [2.24, 2.45) is 0 Å². The quantitative estimate of drug-likeness (QED) is 0.807. The molecule has 2 rings (SSSR count). The molecule has 0 aliphatic rings. The molecule has 1 N–H and O–H groups in total. The normalized spacial score (nSPS) is 10.2. The second-order valence-corrected chi connectivity index (χ2v) is 3.15. The molecular weight excluding hydrogens is 192 g/mol. The maximum absolute atomic E-state index is 11.3. The lowest BCUT2D eigenvalue weighted by Gasteiger charge is -2.01. The van der Waals surface area contributed by atoms with Gasteiger partial charge in [-0.25, -0.2) is 0 Å². The maximum atomic E-state index is 11.3. The molecule has 3 heteroatoms. The molecule has 1 heterocycles. The molecule has 15 heavy (non-hydrogen) atoms. The molecule has 0 fully saturated rings. The van der Waals surface area contributed by atoms with Gasteiger partial charge in [-0.1, -0.05) is 30.3 Å². The Bertz CT molecular complexity index is 500. The van der Waals surface area contributed by atoms with Crippen molar-refractivity contribution in [3.63, 3.8) is 0 Å². The van der Waals surface area contributed by atoms with Crippen LogP contribution in [-0.4, -0.2) is 5.11 Å². The summed E-state index contributed by atoms with van der Waals surface area (Å²) in [4.78, 5) is 11.3. The number of aliphatic hydroxyl groups is 1. The van der Waals surface area contributed by atoms with Crippen molar-refractivity contribution >= 4 is 0 Å². The van der Waals surface area contributed by atoms with E-state index in [9.17, 15) is 4.79 Å². The van der Waals surface area contributed by atoms with Crippen molar-refractivity contribution in [1.82, 2.24) is 0 Å². The fourth-order valence-electron chi connectivity index (χ4n) is 1.35. The molecule has 2 aromatic rings. The SMILES string of the molecule is O=c1cc(CO)oc(-c2ccccc2)c1. The van der Waals surface area contributed by atoms with E-state index in [1.807, 2.05) is 30.3 Å². The van der Waals surface area contributed by atoms with Gasteiger partial charge in [-0.3, -0.25) is 4.79 Å². The lowest BCUT2D eigenvalue weighted by atomic mass is 10.1. The van der Waals surface area contributed by atoms with Gasteiger partial charge < -0.3 is 9.52 Å². The average Bonchev–Trinajstić information content (AvgIpc) is 2.29. The minimum atomic E-state index is -0.268. The summed E-state index contributed by atoms with van der Waals surface area (Å²) in [6.07, 6.45) is 0. The van der Waals surface area contributed by atoms with Crippen LogP contribution in [0.4, 0.5) is 0 Å². The molecule has 0 saturated carbocycles. The van der Waals surface area contributed by atoms with E-state index >= 15 is 0 Å². The summed E-state index contributed by atoms with van der Waals surface area (Å²) in [5, 5.41) is 8.90. The minimum Gasteiger partial charge on any atom is -0.458 e. The van der Waals surface area contributed by atoms with Gasteiger partial charge in [0.05, 0.1) is 0 Å². The lowest BCUT2D eigenvalue weighted by Crippen LogP contribution is -2.00. The highest BCUT2D eigenvalue weighted by molar-refractivity contribution is 5.56. The zero-order chi connectivity index (χ0) is 10.7. The van der Waals surface area contributed by atoms with Gasteiger partial charge in [0.15, 0.2) is 5.43 Å². The highest BCUT2D eigenvalue weighted by Gasteiger charge is 2.03. The van der Waals surface area contributed by atoms with Gasteiger partial charge in [0.25, 0.3) is 0 Å². The van der Waals surface area contributed by atoms with Gasteiger partial charge in [-0.2, -0.15) is 0 Å². The third-order valence-corrected chi connectivity index (χ3v) is 2.03. The summed E-state index contributed by atoms with van der Waals surface area (Å²) in [5.41, 5.74) is 0.661. The van der Waals surface area contributed by atoms with Crippen molar-refractivity contribution in [3.8, 4) is 11.3 Å². The van der Waals surface area contributed by atoms with E-state index in [1.54, 1.807) is 0 Å². The van der Waals surface area contributed by atoms with Crippen LogP contribution in [0.3, 0.4) is 0 Å². The van der Waals surface area contributed by atoms with E-state index in [4.69, 9.17) is 9.52 Å². The minimum absolute atomic E-state index is 0.163. The number of hydrogen-bond acceptors (Lipinski definition) is 3. The van der Waals surface area contributed by atoms with Crippen LogP contribution < -0.4 is 5.43 Å². The molecule has 3 nitrogen and oxygen atoms in total. The van der Waals surface area contributed by atoms with E-state index in [1.165, 1.54) is 12.1 Å². The summed E-state index contributed by atoms with van der Waals surface area (Å²) in [6.45, 7) is -0.268. The van der Waals surface area contributed by atoms with Crippen LogP contribution in [0, 0.1) is 0 Å². The molecule has 1 aromatic heterocycles. The summed E-state index contributed by atoms with van der Waals surface area (Å²) < 4.78 is 5.34. The van der Waals surface area contributed by atoms with Gasteiger partial charge in [0.2, 0.25) is 0 Å². The molecule has 0 spiro atoms. The molecule has 0 radical (unpaired) electrons. The predicted octanol–water partition coefficient (Wildman–Crippen LogP) is 1.80.